The van der Waals surface area contributed by atoms with Gasteiger partial charge in [0.2, 0.25) is 0 Å². The Kier molecular flexibility index (Phi) is 5.58. The summed E-state index contributed by atoms with van der Waals surface area (Å²) < 4.78 is 1.22. The van der Waals surface area contributed by atoms with Gasteiger partial charge < -0.3 is 11.1 Å². The summed E-state index contributed by atoms with van der Waals surface area (Å²) in [5.74, 6) is 0. The lowest BCUT2D eigenvalue weighted by Crippen LogP contribution is -2.28. The van der Waals surface area contributed by atoms with Crippen molar-refractivity contribution < 1.29 is 0 Å². The number of hydrogen-bond acceptors (Lipinski definition) is 4. The van der Waals surface area contributed by atoms with E-state index in [1.807, 2.05) is 0 Å². The predicted octanol–water partition coefficient (Wildman–Crippen LogP) is 3.11. The second-order valence-corrected chi connectivity index (χ2v) is 5.37. The molecule has 3 nitrogen and oxygen atoms in total. The Bertz CT molecular complexity index is 498. The Hall–Kier alpha value is -0.170. The van der Waals surface area contributed by atoms with Gasteiger partial charge >= 0.3 is 0 Å². The number of nitrogens with two attached hydrogens (primary N) is 1. The molecule has 0 bridgehead atoms. The van der Waals surface area contributed by atoms with Crippen molar-refractivity contribution in [1.82, 2.24) is 10.3 Å². The third kappa shape index (κ3) is 2.87. The van der Waals surface area contributed by atoms with Crippen LogP contribution in [0.15, 0.2) is 12.1 Å². The largest absolute Gasteiger partial charge is 0.375 e. The van der Waals surface area contributed by atoms with Crippen LogP contribution in [0.25, 0.3) is 10.2 Å². The van der Waals surface area contributed by atoms with Crippen LogP contribution in [-0.2, 0) is 12.8 Å². The van der Waals surface area contributed by atoms with Crippen LogP contribution >= 0.6 is 45.3 Å². The van der Waals surface area contributed by atoms with Crippen molar-refractivity contribution in [1.29, 1.82) is 0 Å². The minimum absolute atomic E-state index is 0. The standard InChI is InChI=1S/C12H15N3S.2BrH/c1-2-14-9-3-7-5-10-11(6-8(7)4-9)16-12(13)15-10;;/h5-6,9,14H,2-4H2,1H3,(H2,13,15);2*1H/t9-;;/m1../s1. The number of hydrogen-bond donors (Lipinski definition) is 2. The van der Waals surface area contributed by atoms with Gasteiger partial charge in [-0.1, -0.05) is 18.3 Å². The number of rotatable bonds is 2. The molecule has 0 saturated heterocycles. The molecule has 100 valence electrons. The van der Waals surface area contributed by atoms with Gasteiger partial charge in [0, 0.05) is 6.04 Å². The average molecular weight is 395 g/mol. The first-order valence-corrected chi connectivity index (χ1v) is 6.49. The van der Waals surface area contributed by atoms with Crippen LogP contribution < -0.4 is 11.1 Å². The molecule has 1 aromatic carbocycles. The molecule has 1 atom stereocenters. The number of benzene rings is 1. The number of fused-ring (bicyclic) bond motifs is 2. The topological polar surface area (TPSA) is 50.9 Å². The van der Waals surface area contributed by atoms with Crippen molar-refractivity contribution in [2.45, 2.75) is 25.8 Å². The van der Waals surface area contributed by atoms with E-state index < -0.39 is 0 Å². The number of thiazole rings is 1. The van der Waals surface area contributed by atoms with Crippen molar-refractivity contribution >= 4 is 60.6 Å². The van der Waals surface area contributed by atoms with E-state index in [1.165, 1.54) is 15.8 Å². The first-order chi connectivity index (χ1) is 7.76. The molecule has 0 unspecified atom stereocenters. The number of likely N-dealkylation sites (N-methyl/N-ethyl adjacent to an activating group) is 1. The Morgan fingerprint density at radius 2 is 2.00 bits per heavy atom. The number of nitrogen functional groups attached to an aromatic ring is 1. The quantitative estimate of drug-likeness (QED) is 0.822. The summed E-state index contributed by atoms with van der Waals surface area (Å²) in [6.45, 7) is 3.20. The third-order valence-electron chi connectivity index (χ3n) is 3.15. The van der Waals surface area contributed by atoms with E-state index in [0.717, 1.165) is 24.9 Å². The zero-order chi connectivity index (χ0) is 11.1. The summed E-state index contributed by atoms with van der Waals surface area (Å²) in [7, 11) is 0. The highest BCUT2D eigenvalue weighted by molar-refractivity contribution is 8.93. The molecule has 18 heavy (non-hydrogen) atoms. The lowest BCUT2D eigenvalue weighted by Gasteiger charge is -2.08. The summed E-state index contributed by atoms with van der Waals surface area (Å²) in [6, 6.07) is 5.07. The molecule has 1 aromatic heterocycles. The summed E-state index contributed by atoms with van der Waals surface area (Å²) >= 11 is 1.58. The molecule has 0 radical (unpaired) electrons. The van der Waals surface area contributed by atoms with Crippen molar-refractivity contribution in [3.05, 3.63) is 23.3 Å². The van der Waals surface area contributed by atoms with Gasteiger partial charge in [-0.15, -0.1) is 34.0 Å². The maximum atomic E-state index is 5.72. The van der Waals surface area contributed by atoms with Gasteiger partial charge in [0.05, 0.1) is 10.2 Å². The molecule has 0 saturated carbocycles. The SMILES string of the molecule is Br.Br.CCN[C@@H]1Cc2cc3nc(N)sc3cc2C1. The van der Waals surface area contributed by atoms with Crippen LogP contribution in [0, 0.1) is 0 Å². The number of aromatic nitrogens is 1. The summed E-state index contributed by atoms with van der Waals surface area (Å²) in [6.07, 6.45) is 2.26. The van der Waals surface area contributed by atoms with Crippen LogP contribution in [0.2, 0.25) is 0 Å². The number of nitrogens with zero attached hydrogens (tertiary/aromatic N) is 1. The smallest absolute Gasteiger partial charge is 0.181 e. The zero-order valence-corrected chi connectivity index (χ0v) is 14.3. The molecule has 1 heterocycles. The van der Waals surface area contributed by atoms with Crippen LogP contribution in [0.5, 0.6) is 0 Å². The van der Waals surface area contributed by atoms with Crippen molar-refractivity contribution in [2.24, 2.45) is 0 Å². The van der Waals surface area contributed by atoms with Gasteiger partial charge in [-0.05, 0) is 42.6 Å². The zero-order valence-electron chi connectivity index (χ0n) is 10.1. The monoisotopic (exact) mass is 393 g/mol. The minimum atomic E-state index is 0. The first kappa shape index (κ1) is 15.9. The van der Waals surface area contributed by atoms with Crippen LogP contribution in [0.4, 0.5) is 5.13 Å². The van der Waals surface area contributed by atoms with Crippen molar-refractivity contribution in [2.75, 3.05) is 12.3 Å². The number of anilines is 1. The maximum Gasteiger partial charge on any atom is 0.181 e. The molecular weight excluding hydrogens is 378 g/mol. The fourth-order valence-electron chi connectivity index (χ4n) is 2.49. The third-order valence-corrected chi connectivity index (χ3v) is 4.00. The lowest BCUT2D eigenvalue weighted by atomic mass is 10.1. The van der Waals surface area contributed by atoms with Crippen molar-refractivity contribution in [3.8, 4) is 0 Å². The fourth-order valence-corrected chi connectivity index (χ4v) is 3.27. The van der Waals surface area contributed by atoms with Crippen LogP contribution in [0.1, 0.15) is 18.1 Å². The second kappa shape index (κ2) is 6.32. The second-order valence-electron chi connectivity index (χ2n) is 4.30. The fraction of sp³-hybridized carbons (Fsp3) is 0.417. The Morgan fingerprint density at radius 3 is 2.67 bits per heavy atom. The van der Waals surface area contributed by atoms with Gasteiger partial charge in [-0.3, -0.25) is 0 Å². The Labute approximate surface area is 132 Å². The van der Waals surface area contributed by atoms with Gasteiger partial charge in [-0.25, -0.2) is 4.98 Å². The van der Waals surface area contributed by atoms with Gasteiger partial charge in [-0.2, -0.15) is 0 Å². The molecule has 1 aliphatic carbocycles. The first-order valence-electron chi connectivity index (χ1n) is 5.67. The number of nitrogens with one attached hydrogen (secondary N) is 1. The van der Waals surface area contributed by atoms with E-state index in [1.54, 1.807) is 11.3 Å². The molecule has 3 rings (SSSR count). The van der Waals surface area contributed by atoms with E-state index >= 15 is 0 Å². The average Bonchev–Trinajstić information content (AvgIpc) is 2.75. The highest BCUT2D eigenvalue weighted by Gasteiger charge is 2.21. The van der Waals surface area contributed by atoms with Gasteiger partial charge in [0.1, 0.15) is 0 Å². The molecule has 0 spiro atoms. The van der Waals surface area contributed by atoms with Crippen LogP contribution in [0.3, 0.4) is 0 Å². The van der Waals surface area contributed by atoms with Crippen LogP contribution in [-0.4, -0.2) is 17.6 Å². The molecule has 0 amide bonds. The number of halogens is 2. The molecule has 2 aromatic rings. The van der Waals surface area contributed by atoms with E-state index in [0.29, 0.717) is 11.2 Å². The van der Waals surface area contributed by atoms with E-state index in [9.17, 15) is 0 Å². The molecule has 1 aliphatic rings. The van der Waals surface area contributed by atoms with E-state index in [4.69, 9.17) is 5.73 Å². The van der Waals surface area contributed by atoms with E-state index in [2.05, 4.69) is 29.4 Å². The molecule has 0 fully saturated rings. The summed E-state index contributed by atoms with van der Waals surface area (Å²) in [4.78, 5) is 4.34. The van der Waals surface area contributed by atoms with Gasteiger partial charge in [0.25, 0.3) is 0 Å². The minimum Gasteiger partial charge on any atom is -0.375 e. The highest BCUT2D eigenvalue weighted by atomic mass is 79.9. The highest BCUT2D eigenvalue weighted by Crippen LogP contribution is 2.31. The molecular formula is C12H17Br2N3S. The normalized spacial score (nSPS) is 17.1. The maximum absolute atomic E-state index is 5.72. The van der Waals surface area contributed by atoms with Gasteiger partial charge in [0.15, 0.2) is 5.13 Å². The van der Waals surface area contributed by atoms with E-state index in [-0.39, 0.29) is 34.0 Å². The van der Waals surface area contributed by atoms with Crippen molar-refractivity contribution in [3.63, 3.8) is 0 Å². The lowest BCUT2D eigenvalue weighted by molar-refractivity contribution is 0.552. The molecule has 0 aliphatic heterocycles. The molecule has 6 heteroatoms. The Balaban J connectivity index is 0.000000810. The molecule has 3 N–H and O–H groups in total. The summed E-state index contributed by atoms with van der Waals surface area (Å²) in [5, 5.41) is 4.18. The Morgan fingerprint density at radius 1 is 1.33 bits per heavy atom. The predicted molar refractivity (Wildman–Crippen MR) is 89.5 cm³/mol. The summed E-state index contributed by atoms with van der Waals surface area (Å²) in [5.41, 5.74) is 9.67.